The Hall–Kier alpha value is -3.13. The molecule has 8 heteroatoms. The molecule has 0 saturated carbocycles. The predicted molar refractivity (Wildman–Crippen MR) is 102 cm³/mol. The molecule has 1 atom stereocenters. The average molecular weight is 388 g/mol. The van der Waals surface area contributed by atoms with Crippen LogP contribution < -0.4 is 10.0 Å². The summed E-state index contributed by atoms with van der Waals surface area (Å²) in [6.07, 6.45) is 0.511. The van der Waals surface area contributed by atoms with Gasteiger partial charge in [0, 0.05) is 12.2 Å². The van der Waals surface area contributed by atoms with Crippen molar-refractivity contribution in [2.45, 2.75) is 17.9 Å². The Labute approximate surface area is 158 Å². The molecule has 0 aromatic heterocycles. The van der Waals surface area contributed by atoms with Crippen LogP contribution in [0.2, 0.25) is 0 Å². The van der Waals surface area contributed by atoms with Crippen LogP contribution in [0.3, 0.4) is 0 Å². The third-order valence-corrected chi connectivity index (χ3v) is 4.87. The fourth-order valence-corrected chi connectivity index (χ4v) is 3.19. The number of esters is 1. The number of carbonyl (C=O) groups is 2. The van der Waals surface area contributed by atoms with Gasteiger partial charge in [-0.1, -0.05) is 30.3 Å². The van der Waals surface area contributed by atoms with E-state index in [2.05, 4.69) is 16.6 Å². The molecule has 0 heterocycles. The Kier molecular flexibility index (Phi) is 6.73. The number of hydrogen-bond donors (Lipinski definition) is 2. The largest absolute Gasteiger partial charge is 0.449 e. The third kappa shape index (κ3) is 5.68. The topological polar surface area (TPSA) is 102 Å². The molecule has 1 amide bonds. The van der Waals surface area contributed by atoms with Crippen LogP contribution in [0.15, 0.2) is 72.1 Å². The lowest BCUT2D eigenvalue weighted by molar-refractivity contribution is -0.128. The molecule has 7 nitrogen and oxygen atoms in total. The first-order chi connectivity index (χ1) is 12.8. The van der Waals surface area contributed by atoms with Crippen LogP contribution in [0.25, 0.3) is 0 Å². The monoisotopic (exact) mass is 388 g/mol. The van der Waals surface area contributed by atoms with Crippen molar-refractivity contribution < 1.29 is 22.7 Å². The van der Waals surface area contributed by atoms with Crippen molar-refractivity contribution in [3.05, 3.63) is 72.8 Å². The minimum absolute atomic E-state index is 0.102. The molecule has 0 saturated heterocycles. The smallest absolute Gasteiger partial charge is 0.338 e. The number of hydrogen-bond acceptors (Lipinski definition) is 5. The summed E-state index contributed by atoms with van der Waals surface area (Å²) >= 11 is 0. The summed E-state index contributed by atoms with van der Waals surface area (Å²) in [5.74, 6) is -1.19. The second kappa shape index (κ2) is 9.00. The van der Waals surface area contributed by atoms with E-state index in [9.17, 15) is 18.0 Å². The summed E-state index contributed by atoms with van der Waals surface area (Å²) in [7, 11) is -3.78. The molecule has 2 rings (SSSR count). The van der Waals surface area contributed by atoms with Crippen LogP contribution in [-0.2, 0) is 19.6 Å². The summed E-state index contributed by atoms with van der Waals surface area (Å²) in [5.41, 5.74) is 0.323. The predicted octanol–water partition coefficient (Wildman–Crippen LogP) is 2.33. The van der Waals surface area contributed by atoms with Crippen molar-refractivity contribution in [3.8, 4) is 0 Å². The van der Waals surface area contributed by atoms with Crippen LogP contribution in [0, 0.1) is 0 Å². The average Bonchev–Trinajstić information content (AvgIpc) is 2.66. The molecule has 0 aliphatic carbocycles. The molecular formula is C19H20N2O5S. The highest BCUT2D eigenvalue weighted by Crippen LogP contribution is 2.18. The summed E-state index contributed by atoms with van der Waals surface area (Å²) in [6.45, 7) is 5.19. The first kappa shape index (κ1) is 20.2. The zero-order chi connectivity index (χ0) is 19.9. The van der Waals surface area contributed by atoms with Crippen molar-refractivity contribution in [1.82, 2.24) is 5.32 Å². The van der Waals surface area contributed by atoms with E-state index in [1.54, 1.807) is 18.2 Å². The fourth-order valence-electron chi connectivity index (χ4n) is 2.12. The van der Waals surface area contributed by atoms with Gasteiger partial charge in [-0.25, -0.2) is 13.2 Å². The molecule has 27 heavy (non-hydrogen) atoms. The lowest BCUT2D eigenvalue weighted by Gasteiger charge is -2.13. The van der Waals surface area contributed by atoms with Crippen LogP contribution in [0.4, 0.5) is 5.69 Å². The van der Waals surface area contributed by atoms with E-state index in [1.807, 2.05) is 0 Å². The van der Waals surface area contributed by atoms with Gasteiger partial charge in [-0.3, -0.25) is 9.52 Å². The number of amides is 1. The third-order valence-electron chi connectivity index (χ3n) is 3.48. The Balaban J connectivity index is 2.09. The molecule has 0 aliphatic rings. The lowest BCUT2D eigenvalue weighted by Crippen LogP contribution is -2.35. The number of sulfonamides is 1. The van der Waals surface area contributed by atoms with E-state index in [1.165, 1.54) is 49.4 Å². The van der Waals surface area contributed by atoms with E-state index < -0.39 is 28.0 Å². The molecule has 0 radical (unpaired) electrons. The minimum atomic E-state index is -3.78. The minimum Gasteiger partial charge on any atom is -0.449 e. The van der Waals surface area contributed by atoms with Crippen molar-refractivity contribution >= 4 is 27.6 Å². The highest BCUT2D eigenvalue weighted by molar-refractivity contribution is 7.92. The van der Waals surface area contributed by atoms with Gasteiger partial charge in [0.2, 0.25) is 0 Å². The van der Waals surface area contributed by atoms with Gasteiger partial charge in [0.25, 0.3) is 15.9 Å². The molecule has 0 bridgehead atoms. The quantitative estimate of drug-likeness (QED) is 0.534. The highest BCUT2D eigenvalue weighted by Gasteiger charge is 2.19. The number of rotatable bonds is 8. The standard InChI is InChI=1S/C19H20N2O5S/c1-3-12-20-18(22)14(2)26-19(23)15-8-7-9-16(13-15)21-27(24,25)17-10-5-4-6-11-17/h3-11,13-14,21H,1,12H2,2H3,(H,20,22). The van der Waals surface area contributed by atoms with Crippen molar-refractivity contribution in [1.29, 1.82) is 0 Å². The van der Waals surface area contributed by atoms with Gasteiger partial charge in [0.15, 0.2) is 6.10 Å². The number of benzene rings is 2. The number of ether oxygens (including phenoxy) is 1. The second-order valence-corrected chi connectivity index (χ2v) is 7.26. The SMILES string of the molecule is C=CCNC(=O)C(C)OC(=O)c1cccc(NS(=O)(=O)c2ccccc2)c1. The molecule has 0 fully saturated rings. The maximum Gasteiger partial charge on any atom is 0.338 e. The van der Waals surface area contributed by atoms with Crippen LogP contribution >= 0.6 is 0 Å². The summed E-state index contributed by atoms with van der Waals surface area (Å²) < 4.78 is 32.2. The summed E-state index contributed by atoms with van der Waals surface area (Å²) in [4.78, 5) is 24.1. The van der Waals surface area contributed by atoms with Gasteiger partial charge in [0.1, 0.15) is 0 Å². The first-order valence-electron chi connectivity index (χ1n) is 8.11. The normalized spacial score (nSPS) is 11.9. The molecule has 2 aromatic carbocycles. The Morgan fingerprint density at radius 2 is 1.85 bits per heavy atom. The van der Waals surface area contributed by atoms with Gasteiger partial charge in [0.05, 0.1) is 10.5 Å². The zero-order valence-corrected chi connectivity index (χ0v) is 15.5. The van der Waals surface area contributed by atoms with Crippen LogP contribution in [0.5, 0.6) is 0 Å². The van der Waals surface area contributed by atoms with E-state index in [-0.39, 0.29) is 22.7 Å². The highest BCUT2D eigenvalue weighted by atomic mass is 32.2. The number of anilines is 1. The van der Waals surface area contributed by atoms with Crippen LogP contribution in [0.1, 0.15) is 17.3 Å². The lowest BCUT2D eigenvalue weighted by atomic mass is 10.2. The molecule has 0 aliphatic heterocycles. The van der Waals surface area contributed by atoms with Crippen LogP contribution in [-0.4, -0.2) is 32.9 Å². The van der Waals surface area contributed by atoms with Gasteiger partial charge < -0.3 is 10.1 Å². The van der Waals surface area contributed by atoms with Gasteiger partial charge in [-0.2, -0.15) is 0 Å². The fraction of sp³-hybridized carbons (Fsp3) is 0.158. The number of nitrogens with one attached hydrogen (secondary N) is 2. The maximum absolute atomic E-state index is 12.4. The Morgan fingerprint density at radius 1 is 1.15 bits per heavy atom. The molecule has 142 valence electrons. The van der Waals surface area contributed by atoms with E-state index in [0.29, 0.717) is 0 Å². The molecule has 2 N–H and O–H groups in total. The Bertz CT molecular complexity index is 926. The summed E-state index contributed by atoms with van der Waals surface area (Å²) in [6, 6.07) is 13.7. The number of carbonyl (C=O) groups excluding carboxylic acids is 2. The molecule has 2 aromatic rings. The molecular weight excluding hydrogens is 368 g/mol. The van der Waals surface area contributed by atoms with Crippen molar-refractivity contribution in [2.75, 3.05) is 11.3 Å². The van der Waals surface area contributed by atoms with E-state index in [4.69, 9.17) is 4.74 Å². The van der Waals surface area contributed by atoms with Gasteiger partial charge in [-0.15, -0.1) is 6.58 Å². The molecule has 0 spiro atoms. The maximum atomic E-state index is 12.4. The van der Waals surface area contributed by atoms with E-state index in [0.717, 1.165) is 0 Å². The van der Waals surface area contributed by atoms with Crippen molar-refractivity contribution in [3.63, 3.8) is 0 Å². The summed E-state index contributed by atoms with van der Waals surface area (Å²) in [5, 5.41) is 2.52. The van der Waals surface area contributed by atoms with E-state index >= 15 is 0 Å². The van der Waals surface area contributed by atoms with Gasteiger partial charge >= 0.3 is 5.97 Å². The van der Waals surface area contributed by atoms with Crippen molar-refractivity contribution in [2.24, 2.45) is 0 Å². The Morgan fingerprint density at radius 3 is 2.52 bits per heavy atom. The first-order valence-corrected chi connectivity index (χ1v) is 9.59. The second-order valence-electron chi connectivity index (χ2n) is 5.58. The molecule has 1 unspecified atom stereocenters. The van der Waals surface area contributed by atoms with Gasteiger partial charge in [-0.05, 0) is 37.3 Å². The zero-order valence-electron chi connectivity index (χ0n) is 14.7.